The molecule has 1 atom stereocenters. The van der Waals surface area contributed by atoms with Gasteiger partial charge in [-0.05, 0) is 24.6 Å². The number of carboxylic acid groups (broad SMARTS) is 1. The van der Waals surface area contributed by atoms with E-state index in [9.17, 15) is 17.6 Å². The van der Waals surface area contributed by atoms with E-state index in [4.69, 9.17) is 15.5 Å². The Hall–Kier alpha value is -2.02. The third kappa shape index (κ3) is 3.99. The number of halogens is 1. The monoisotopic (exact) mass is 302 g/mol. The van der Waals surface area contributed by atoms with E-state index < -0.39 is 33.5 Å². The number of aliphatic carboxylic acids is 1. The van der Waals surface area contributed by atoms with E-state index in [0.717, 1.165) is 18.2 Å². The molecule has 3 N–H and O–H groups in total. The van der Waals surface area contributed by atoms with E-state index in [-0.39, 0.29) is 17.9 Å². The van der Waals surface area contributed by atoms with Crippen molar-refractivity contribution in [1.29, 1.82) is 5.26 Å². The van der Waals surface area contributed by atoms with Crippen LogP contribution in [-0.2, 0) is 14.8 Å². The van der Waals surface area contributed by atoms with Crippen LogP contribution in [-0.4, -0.2) is 37.2 Å². The number of carboxylic acids is 1. The molecule has 1 aromatic rings. The van der Waals surface area contributed by atoms with Gasteiger partial charge in [0.05, 0.1) is 10.5 Å². The number of aliphatic hydroxyl groups is 1. The maximum Gasteiger partial charge on any atom is 0.332 e. The van der Waals surface area contributed by atoms with Gasteiger partial charge >= 0.3 is 5.97 Å². The fraction of sp³-hybridized carbons (Fsp3) is 0.273. The molecule has 0 unspecified atom stereocenters. The first-order valence-corrected chi connectivity index (χ1v) is 6.86. The van der Waals surface area contributed by atoms with Gasteiger partial charge in [0.2, 0.25) is 10.0 Å². The fourth-order valence-electron chi connectivity index (χ4n) is 1.29. The van der Waals surface area contributed by atoms with Crippen molar-refractivity contribution < 1.29 is 27.8 Å². The van der Waals surface area contributed by atoms with Crippen molar-refractivity contribution in [1.82, 2.24) is 4.72 Å². The lowest BCUT2D eigenvalue weighted by molar-refractivity contribution is -0.146. The number of carbonyl (C=O) groups is 1. The summed E-state index contributed by atoms with van der Waals surface area (Å²) in [6.45, 7) is -0.310. The second-order valence-corrected chi connectivity index (χ2v) is 5.56. The first-order valence-electron chi connectivity index (χ1n) is 5.38. The lowest BCUT2D eigenvalue weighted by atomic mass is 10.2. The number of hydrogen-bond acceptors (Lipinski definition) is 5. The molecular weight excluding hydrogens is 291 g/mol. The van der Waals surface area contributed by atoms with Crippen molar-refractivity contribution in [2.75, 3.05) is 6.54 Å². The molecule has 0 saturated carbocycles. The van der Waals surface area contributed by atoms with Crippen molar-refractivity contribution in [3.05, 3.63) is 29.6 Å². The molecule has 0 fully saturated rings. The van der Waals surface area contributed by atoms with Gasteiger partial charge in [0.25, 0.3) is 0 Å². The largest absolute Gasteiger partial charge is 0.479 e. The Morgan fingerprint density at radius 3 is 2.70 bits per heavy atom. The third-order valence-corrected chi connectivity index (χ3v) is 3.82. The van der Waals surface area contributed by atoms with E-state index in [0.29, 0.717) is 0 Å². The predicted octanol–water partition coefficient (Wildman–Crippen LogP) is -0.189. The van der Waals surface area contributed by atoms with Crippen LogP contribution in [0.1, 0.15) is 12.0 Å². The summed E-state index contributed by atoms with van der Waals surface area (Å²) < 4.78 is 38.7. The van der Waals surface area contributed by atoms with Gasteiger partial charge in [-0.25, -0.2) is 22.3 Å². The predicted molar refractivity (Wildman–Crippen MR) is 64.6 cm³/mol. The Balaban J connectivity index is 2.80. The van der Waals surface area contributed by atoms with Crippen molar-refractivity contribution in [3.8, 4) is 6.07 Å². The van der Waals surface area contributed by atoms with Crippen LogP contribution in [0.2, 0.25) is 0 Å². The third-order valence-electron chi connectivity index (χ3n) is 2.36. The Morgan fingerprint density at radius 2 is 2.15 bits per heavy atom. The number of nitrogens with one attached hydrogen (secondary N) is 1. The van der Waals surface area contributed by atoms with Crippen molar-refractivity contribution in [3.63, 3.8) is 0 Å². The summed E-state index contributed by atoms with van der Waals surface area (Å²) >= 11 is 0. The topological polar surface area (TPSA) is 127 Å². The smallest absolute Gasteiger partial charge is 0.332 e. The summed E-state index contributed by atoms with van der Waals surface area (Å²) in [5, 5.41) is 26.0. The van der Waals surface area contributed by atoms with Crippen LogP contribution in [0.5, 0.6) is 0 Å². The second kappa shape index (κ2) is 6.42. The maximum atomic E-state index is 13.1. The van der Waals surface area contributed by atoms with E-state index in [1.54, 1.807) is 0 Å². The summed E-state index contributed by atoms with van der Waals surface area (Å²) in [6, 6.07) is 4.20. The number of benzene rings is 1. The molecule has 0 aromatic heterocycles. The SMILES string of the molecule is N#Cc1cc(S(=O)(=O)NCC[C@H](O)C(=O)O)ccc1F. The van der Waals surface area contributed by atoms with Gasteiger partial charge in [-0.2, -0.15) is 5.26 Å². The van der Waals surface area contributed by atoms with Crippen LogP contribution in [0.4, 0.5) is 4.39 Å². The summed E-state index contributed by atoms with van der Waals surface area (Å²) in [5.74, 6) is -2.30. The molecule has 1 aromatic carbocycles. The molecule has 7 nitrogen and oxygen atoms in total. The summed E-state index contributed by atoms with van der Waals surface area (Å²) in [7, 11) is -4.00. The Kier molecular flexibility index (Phi) is 5.15. The van der Waals surface area contributed by atoms with Gasteiger partial charge in [0.15, 0.2) is 6.10 Å². The highest BCUT2D eigenvalue weighted by atomic mass is 32.2. The van der Waals surface area contributed by atoms with E-state index >= 15 is 0 Å². The highest BCUT2D eigenvalue weighted by Crippen LogP contribution is 2.14. The van der Waals surface area contributed by atoms with Gasteiger partial charge in [-0.15, -0.1) is 0 Å². The number of rotatable bonds is 6. The molecule has 0 spiro atoms. The normalized spacial score (nSPS) is 12.7. The standard InChI is InChI=1S/C11H11FN2O5S/c12-9-2-1-8(5-7(9)6-13)20(18,19)14-4-3-10(15)11(16)17/h1-2,5,10,14-15H,3-4H2,(H,16,17)/t10-/m0/s1. The van der Waals surface area contributed by atoms with E-state index in [2.05, 4.69) is 0 Å². The quantitative estimate of drug-likeness (QED) is 0.668. The molecule has 0 aliphatic heterocycles. The van der Waals surface area contributed by atoms with Crippen molar-refractivity contribution >= 4 is 16.0 Å². The molecule has 1 rings (SSSR count). The average Bonchev–Trinajstić information content (AvgIpc) is 2.38. The van der Waals surface area contributed by atoms with Crippen LogP contribution >= 0.6 is 0 Å². The fourth-order valence-corrected chi connectivity index (χ4v) is 2.37. The zero-order valence-electron chi connectivity index (χ0n) is 10.1. The minimum atomic E-state index is -4.00. The Labute approximate surface area is 114 Å². The summed E-state index contributed by atoms with van der Waals surface area (Å²) in [6.07, 6.45) is -2.00. The molecule has 0 bridgehead atoms. The molecule has 108 valence electrons. The molecule has 20 heavy (non-hydrogen) atoms. The van der Waals surface area contributed by atoms with Crippen molar-refractivity contribution in [2.45, 2.75) is 17.4 Å². The highest BCUT2D eigenvalue weighted by Gasteiger charge is 2.18. The van der Waals surface area contributed by atoms with E-state index in [1.165, 1.54) is 6.07 Å². The van der Waals surface area contributed by atoms with Gasteiger partial charge in [0.1, 0.15) is 11.9 Å². The Bertz CT molecular complexity index is 653. The average molecular weight is 302 g/mol. The van der Waals surface area contributed by atoms with Gasteiger partial charge in [0, 0.05) is 6.54 Å². The highest BCUT2D eigenvalue weighted by molar-refractivity contribution is 7.89. The number of nitriles is 1. The van der Waals surface area contributed by atoms with Gasteiger partial charge < -0.3 is 10.2 Å². The number of sulfonamides is 1. The Morgan fingerprint density at radius 1 is 1.50 bits per heavy atom. The molecule has 9 heteroatoms. The number of aliphatic hydroxyl groups excluding tert-OH is 1. The molecule has 0 aliphatic rings. The first kappa shape index (κ1) is 16.0. The molecular formula is C11H11FN2O5S. The zero-order valence-corrected chi connectivity index (χ0v) is 10.9. The summed E-state index contributed by atoms with van der Waals surface area (Å²) in [5.41, 5.74) is -0.418. The molecule has 0 amide bonds. The molecule has 0 aliphatic carbocycles. The van der Waals surface area contributed by atoms with Crippen LogP contribution in [0.25, 0.3) is 0 Å². The van der Waals surface area contributed by atoms with Crippen LogP contribution < -0.4 is 4.72 Å². The van der Waals surface area contributed by atoms with Crippen LogP contribution in [0.3, 0.4) is 0 Å². The van der Waals surface area contributed by atoms with Crippen LogP contribution in [0, 0.1) is 17.1 Å². The molecule has 0 radical (unpaired) electrons. The van der Waals surface area contributed by atoms with E-state index in [1.807, 2.05) is 4.72 Å². The number of hydrogen-bond donors (Lipinski definition) is 3. The van der Waals surface area contributed by atoms with Crippen LogP contribution in [0.15, 0.2) is 23.1 Å². The molecule has 0 saturated heterocycles. The second-order valence-electron chi connectivity index (χ2n) is 3.79. The minimum absolute atomic E-state index is 0.310. The van der Waals surface area contributed by atoms with Gasteiger partial charge in [-0.3, -0.25) is 0 Å². The van der Waals surface area contributed by atoms with Gasteiger partial charge in [-0.1, -0.05) is 0 Å². The first-order chi connectivity index (χ1) is 9.27. The lowest BCUT2D eigenvalue weighted by Gasteiger charge is -2.08. The number of nitrogens with zero attached hydrogens (tertiary/aromatic N) is 1. The van der Waals surface area contributed by atoms with Crippen molar-refractivity contribution in [2.24, 2.45) is 0 Å². The molecule has 0 heterocycles. The zero-order chi connectivity index (χ0) is 15.3. The minimum Gasteiger partial charge on any atom is -0.479 e. The summed E-state index contributed by atoms with van der Waals surface area (Å²) in [4.78, 5) is 10.0. The maximum absolute atomic E-state index is 13.1. The lowest BCUT2D eigenvalue weighted by Crippen LogP contribution is -2.30.